The third-order valence-corrected chi connectivity index (χ3v) is 1.25. The molecule has 1 rings (SSSR count). The van der Waals surface area contributed by atoms with E-state index >= 15 is 0 Å². The van der Waals surface area contributed by atoms with Gasteiger partial charge in [0.1, 0.15) is 5.82 Å². The van der Waals surface area contributed by atoms with Gasteiger partial charge in [-0.1, -0.05) is 0 Å². The van der Waals surface area contributed by atoms with Gasteiger partial charge in [-0.25, -0.2) is 4.39 Å². The number of halogens is 3. The van der Waals surface area contributed by atoms with Crippen LogP contribution in [0.1, 0.15) is 18.5 Å². The molecule has 0 saturated heterocycles. The number of hydrogen-bond acceptors (Lipinski definition) is 2. The number of pyridine rings is 1. The highest BCUT2D eigenvalue weighted by atomic mass is 35.5. The van der Waals surface area contributed by atoms with Crippen LogP contribution in [0.25, 0.3) is 0 Å². The van der Waals surface area contributed by atoms with Crippen molar-refractivity contribution in [2.45, 2.75) is 13.0 Å². The van der Waals surface area contributed by atoms with Crippen LogP contribution in [0.3, 0.4) is 0 Å². The Labute approximate surface area is 83.2 Å². The number of rotatable bonds is 1. The predicted molar refractivity (Wildman–Crippen MR) is 51.3 cm³/mol. The van der Waals surface area contributed by atoms with Gasteiger partial charge in [-0.2, -0.15) is 0 Å². The van der Waals surface area contributed by atoms with Crippen LogP contribution < -0.4 is 5.73 Å². The molecular formula is C7H11Cl2FN2. The zero-order valence-electron chi connectivity index (χ0n) is 6.53. The van der Waals surface area contributed by atoms with Crippen LogP contribution in [0.2, 0.25) is 0 Å². The van der Waals surface area contributed by atoms with Crippen molar-refractivity contribution >= 4 is 24.8 Å². The molecule has 1 aromatic heterocycles. The first-order valence-electron chi connectivity index (χ1n) is 3.06. The molecule has 1 atom stereocenters. The summed E-state index contributed by atoms with van der Waals surface area (Å²) in [7, 11) is 0. The lowest BCUT2D eigenvalue weighted by Crippen LogP contribution is -2.05. The molecular weight excluding hydrogens is 202 g/mol. The monoisotopic (exact) mass is 212 g/mol. The molecule has 0 amide bonds. The second-order valence-electron chi connectivity index (χ2n) is 2.23. The molecule has 1 aromatic rings. The summed E-state index contributed by atoms with van der Waals surface area (Å²) in [5.41, 5.74) is 6.20. The molecule has 5 heteroatoms. The van der Waals surface area contributed by atoms with E-state index in [1.165, 1.54) is 6.07 Å². The van der Waals surface area contributed by atoms with Crippen LogP contribution in [-0.2, 0) is 0 Å². The topological polar surface area (TPSA) is 38.9 Å². The van der Waals surface area contributed by atoms with Gasteiger partial charge in [0.25, 0.3) is 0 Å². The fraction of sp³-hybridized carbons (Fsp3) is 0.286. The average molecular weight is 213 g/mol. The van der Waals surface area contributed by atoms with E-state index in [1.54, 1.807) is 13.1 Å². The van der Waals surface area contributed by atoms with Crippen LogP contribution in [0.4, 0.5) is 4.39 Å². The first-order chi connectivity index (χ1) is 4.70. The molecule has 0 aliphatic carbocycles. The molecule has 70 valence electrons. The maximum absolute atomic E-state index is 12.4. The highest BCUT2D eigenvalue weighted by molar-refractivity contribution is 5.85. The molecule has 0 fully saturated rings. The van der Waals surface area contributed by atoms with Gasteiger partial charge < -0.3 is 5.73 Å². The van der Waals surface area contributed by atoms with E-state index in [2.05, 4.69) is 4.98 Å². The van der Waals surface area contributed by atoms with Gasteiger partial charge in [-0.15, -0.1) is 24.8 Å². The average Bonchev–Trinajstić information content (AvgIpc) is 1.88. The third kappa shape index (κ3) is 3.85. The van der Waals surface area contributed by atoms with Crippen molar-refractivity contribution in [2.75, 3.05) is 0 Å². The van der Waals surface area contributed by atoms with Gasteiger partial charge in [0, 0.05) is 12.2 Å². The number of aromatic nitrogens is 1. The Morgan fingerprint density at radius 3 is 2.33 bits per heavy atom. The summed E-state index contributed by atoms with van der Waals surface area (Å²) in [6, 6.07) is 1.24. The molecule has 0 aliphatic heterocycles. The van der Waals surface area contributed by atoms with Crippen molar-refractivity contribution in [1.82, 2.24) is 4.98 Å². The molecule has 0 unspecified atom stereocenters. The minimum atomic E-state index is -0.338. The van der Waals surface area contributed by atoms with Crippen LogP contribution in [0.5, 0.6) is 0 Å². The molecule has 0 aliphatic rings. The van der Waals surface area contributed by atoms with Crippen molar-refractivity contribution in [3.63, 3.8) is 0 Å². The van der Waals surface area contributed by atoms with Crippen LogP contribution in [0, 0.1) is 5.82 Å². The third-order valence-electron chi connectivity index (χ3n) is 1.25. The van der Waals surface area contributed by atoms with Crippen molar-refractivity contribution < 1.29 is 4.39 Å². The summed E-state index contributed by atoms with van der Waals surface area (Å²) < 4.78 is 12.4. The Bertz CT molecular complexity index is 230. The quantitative estimate of drug-likeness (QED) is 0.775. The van der Waals surface area contributed by atoms with Crippen molar-refractivity contribution in [2.24, 2.45) is 5.73 Å². The maximum Gasteiger partial charge on any atom is 0.141 e. The van der Waals surface area contributed by atoms with Gasteiger partial charge in [0.05, 0.1) is 6.20 Å². The largest absolute Gasteiger partial charge is 0.324 e. The lowest BCUT2D eigenvalue weighted by Gasteiger charge is -2.02. The van der Waals surface area contributed by atoms with Crippen LogP contribution >= 0.6 is 24.8 Å². The molecule has 1 heterocycles. The highest BCUT2D eigenvalue weighted by Gasteiger charge is 1.99. The molecule has 2 nitrogen and oxygen atoms in total. The van der Waals surface area contributed by atoms with Crippen molar-refractivity contribution in [3.8, 4) is 0 Å². The van der Waals surface area contributed by atoms with Gasteiger partial charge in [-0.05, 0) is 18.6 Å². The van der Waals surface area contributed by atoms with Crippen LogP contribution in [-0.4, -0.2) is 4.98 Å². The second kappa shape index (κ2) is 6.17. The first-order valence-corrected chi connectivity index (χ1v) is 3.06. The lowest BCUT2D eigenvalue weighted by molar-refractivity contribution is 0.615. The van der Waals surface area contributed by atoms with E-state index in [4.69, 9.17) is 5.73 Å². The Balaban J connectivity index is 0. The summed E-state index contributed by atoms with van der Waals surface area (Å²) in [5, 5.41) is 0. The molecule has 12 heavy (non-hydrogen) atoms. The minimum Gasteiger partial charge on any atom is -0.324 e. The van der Waals surface area contributed by atoms with Crippen molar-refractivity contribution in [3.05, 3.63) is 29.8 Å². The van der Waals surface area contributed by atoms with Gasteiger partial charge in [-0.3, -0.25) is 4.98 Å². The molecule has 0 aromatic carbocycles. The fourth-order valence-corrected chi connectivity index (χ4v) is 0.677. The van der Waals surface area contributed by atoms with Gasteiger partial charge in [0.2, 0.25) is 0 Å². The van der Waals surface area contributed by atoms with E-state index in [9.17, 15) is 4.39 Å². The number of hydrogen-bond donors (Lipinski definition) is 1. The zero-order valence-corrected chi connectivity index (χ0v) is 8.16. The van der Waals surface area contributed by atoms with E-state index in [0.717, 1.165) is 11.8 Å². The van der Waals surface area contributed by atoms with E-state index < -0.39 is 0 Å². The molecule has 0 spiro atoms. The minimum absolute atomic E-state index is 0. The summed E-state index contributed by atoms with van der Waals surface area (Å²) >= 11 is 0. The second-order valence-corrected chi connectivity index (χ2v) is 2.23. The first kappa shape index (κ1) is 14.2. The predicted octanol–water partition coefficient (Wildman–Crippen LogP) is 2.08. The fourth-order valence-electron chi connectivity index (χ4n) is 0.677. The summed E-state index contributed by atoms with van der Waals surface area (Å²) in [6.07, 6.45) is 2.72. The van der Waals surface area contributed by atoms with Crippen molar-refractivity contribution in [1.29, 1.82) is 0 Å². The molecule has 0 radical (unpaired) electrons. The lowest BCUT2D eigenvalue weighted by atomic mass is 10.2. The molecule has 0 saturated carbocycles. The van der Waals surface area contributed by atoms with E-state index in [1.807, 2.05) is 0 Å². The number of nitrogens with zero attached hydrogens (tertiary/aromatic N) is 1. The molecule has 2 N–H and O–H groups in total. The van der Waals surface area contributed by atoms with E-state index in [0.29, 0.717) is 0 Å². The maximum atomic E-state index is 12.4. The summed E-state index contributed by atoms with van der Waals surface area (Å²) in [5.74, 6) is -0.338. The summed E-state index contributed by atoms with van der Waals surface area (Å²) in [6.45, 7) is 1.79. The summed E-state index contributed by atoms with van der Waals surface area (Å²) in [4.78, 5) is 3.65. The Morgan fingerprint density at radius 1 is 1.42 bits per heavy atom. The highest BCUT2D eigenvalue weighted by Crippen LogP contribution is 2.07. The standard InChI is InChI=1S/C7H9FN2.2ClH/c1-5(9)6-2-7(8)4-10-3-6;;/h2-5H,9H2,1H3;2*1H/t5-;;/m1../s1. The van der Waals surface area contributed by atoms with Crippen LogP contribution in [0.15, 0.2) is 18.5 Å². The number of nitrogens with two attached hydrogens (primary N) is 1. The molecule has 0 bridgehead atoms. The smallest absolute Gasteiger partial charge is 0.141 e. The zero-order chi connectivity index (χ0) is 7.56. The normalized spacial score (nSPS) is 10.9. The van der Waals surface area contributed by atoms with Gasteiger partial charge >= 0.3 is 0 Å². The van der Waals surface area contributed by atoms with E-state index in [-0.39, 0.29) is 36.7 Å². The Morgan fingerprint density at radius 2 is 2.00 bits per heavy atom. The Hall–Kier alpha value is -0.380. The Kier molecular flexibility index (Phi) is 7.28. The van der Waals surface area contributed by atoms with Gasteiger partial charge in [0.15, 0.2) is 0 Å². The SMILES string of the molecule is C[C@@H](N)c1cncc(F)c1.Cl.Cl.